The first-order chi connectivity index (χ1) is 10.6. The van der Waals surface area contributed by atoms with E-state index >= 15 is 0 Å². The Morgan fingerprint density at radius 2 is 2.18 bits per heavy atom. The Morgan fingerprint density at radius 1 is 1.36 bits per heavy atom. The molecule has 3 aromatic heterocycles. The minimum Gasteiger partial charge on any atom is -0.318 e. The molecule has 0 aliphatic carbocycles. The highest BCUT2D eigenvalue weighted by molar-refractivity contribution is 6.32. The zero-order chi connectivity index (χ0) is 15.7. The van der Waals surface area contributed by atoms with Crippen LogP contribution in [0.1, 0.15) is 23.1 Å². The predicted octanol–water partition coefficient (Wildman–Crippen LogP) is 3.85. The summed E-state index contributed by atoms with van der Waals surface area (Å²) in [6.45, 7) is 1.94. The number of fused-ring (bicyclic) bond motifs is 1. The second-order valence-corrected chi connectivity index (χ2v) is 5.42. The lowest BCUT2D eigenvalue weighted by Gasteiger charge is -2.07. The van der Waals surface area contributed by atoms with Crippen molar-refractivity contribution in [3.05, 3.63) is 58.2 Å². The molecule has 1 N–H and O–H groups in total. The normalized spacial score (nSPS) is 10.9. The summed E-state index contributed by atoms with van der Waals surface area (Å²) in [4.78, 5) is 21.0. The summed E-state index contributed by atoms with van der Waals surface area (Å²) in [5.41, 5.74) is 2.25. The highest BCUT2D eigenvalue weighted by atomic mass is 35.5. The van der Waals surface area contributed by atoms with Gasteiger partial charge in [0, 0.05) is 23.5 Å². The maximum atomic E-state index is 12.6. The molecule has 7 heteroatoms. The summed E-state index contributed by atoms with van der Waals surface area (Å²) >= 11 is 12.0. The van der Waals surface area contributed by atoms with Gasteiger partial charge in [-0.15, -0.1) is 0 Å². The number of halogens is 2. The molecule has 5 nitrogen and oxygen atoms in total. The maximum Gasteiger partial charge on any atom is 0.274 e. The fourth-order valence-corrected chi connectivity index (χ4v) is 2.54. The van der Waals surface area contributed by atoms with Gasteiger partial charge in [0.25, 0.3) is 5.91 Å². The van der Waals surface area contributed by atoms with Crippen LogP contribution in [0.4, 0.5) is 5.69 Å². The molecule has 0 saturated carbocycles. The van der Waals surface area contributed by atoms with Crippen molar-refractivity contribution >= 4 is 40.4 Å². The number of carbonyl (C=O) groups excluding carboxylic acids is 1. The molecule has 1 amide bonds. The highest BCUT2D eigenvalue weighted by Crippen LogP contribution is 2.21. The molecule has 0 unspecified atom stereocenters. The van der Waals surface area contributed by atoms with Gasteiger partial charge in [-0.2, -0.15) is 0 Å². The maximum absolute atomic E-state index is 12.6. The second kappa shape index (κ2) is 5.94. The Labute approximate surface area is 136 Å². The van der Waals surface area contributed by atoms with Crippen LogP contribution in [0.25, 0.3) is 5.65 Å². The van der Waals surface area contributed by atoms with E-state index in [1.807, 2.05) is 6.92 Å². The molecular weight excluding hydrogens is 323 g/mol. The van der Waals surface area contributed by atoms with Crippen LogP contribution >= 0.6 is 23.2 Å². The number of pyridine rings is 2. The van der Waals surface area contributed by atoms with Crippen molar-refractivity contribution in [3.63, 3.8) is 0 Å². The Balaban J connectivity index is 2.05. The lowest BCUT2D eigenvalue weighted by Crippen LogP contribution is -2.16. The van der Waals surface area contributed by atoms with Crippen molar-refractivity contribution in [1.29, 1.82) is 0 Å². The fourth-order valence-electron chi connectivity index (χ4n) is 2.22. The molecule has 3 aromatic rings. The van der Waals surface area contributed by atoms with Crippen molar-refractivity contribution < 1.29 is 4.79 Å². The molecule has 22 heavy (non-hydrogen) atoms. The van der Waals surface area contributed by atoms with Crippen LogP contribution in [0.2, 0.25) is 10.2 Å². The predicted molar refractivity (Wildman–Crippen MR) is 86.8 cm³/mol. The van der Waals surface area contributed by atoms with Crippen molar-refractivity contribution in [1.82, 2.24) is 14.4 Å². The summed E-state index contributed by atoms with van der Waals surface area (Å²) in [6, 6.07) is 6.83. The van der Waals surface area contributed by atoms with Gasteiger partial charge in [0.15, 0.2) is 5.15 Å². The molecule has 112 valence electrons. The molecule has 0 radical (unpaired) electrons. The van der Waals surface area contributed by atoms with Gasteiger partial charge in [-0.1, -0.05) is 30.1 Å². The van der Waals surface area contributed by atoms with E-state index in [0.29, 0.717) is 34.2 Å². The quantitative estimate of drug-likeness (QED) is 0.740. The van der Waals surface area contributed by atoms with Gasteiger partial charge in [0.1, 0.15) is 11.3 Å². The Bertz CT molecular complexity index is 860. The minimum absolute atomic E-state index is 0.241. The molecular formula is C15H12Cl2N4O. The fraction of sp³-hybridized carbons (Fsp3) is 0.133. The van der Waals surface area contributed by atoms with Crippen LogP contribution in [0.3, 0.4) is 0 Å². The number of carbonyl (C=O) groups is 1. The number of hydrogen-bond donors (Lipinski definition) is 1. The number of anilines is 1. The first-order valence-corrected chi connectivity index (χ1v) is 7.44. The summed E-state index contributed by atoms with van der Waals surface area (Å²) in [5.74, 6) is -0.290. The monoisotopic (exact) mass is 334 g/mol. The third kappa shape index (κ3) is 2.65. The van der Waals surface area contributed by atoms with Crippen LogP contribution in [-0.4, -0.2) is 20.3 Å². The topological polar surface area (TPSA) is 59.3 Å². The number of imidazole rings is 1. The van der Waals surface area contributed by atoms with Crippen LogP contribution in [0, 0.1) is 0 Å². The highest BCUT2D eigenvalue weighted by Gasteiger charge is 2.19. The Hall–Kier alpha value is -2.11. The van der Waals surface area contributed by atoms with Gasteiger partial charge in [-0.3, -0.25) is 9.20 Å². The van der Waals surface area contributed by atoms with Gasteiger partial charge in [0.2, 0.25) is 0 Å². The number of hydrogen-bond acceptors (Lipinski definition) is 3. The van der Waals surface area contributed by atoms with Gasteiger partial charge >= 0.3 is 0 Å². The van der Waals surface area contributed by atoms with E-state index in [4.69, 9.17) is 23.2 Å². The number of nitrogens with one attached hydrogen (secondary N) is 1. The van der Waals surface area contributed by atoms with E-state index in [2.05, 4.69) is 15.3 Å². The molecule has 0 atom stereocenters. The average Bonchev–Trinajstić information content (AvgIpc) is 2.87. The van der Waals surface area contributed by atoms with Crippen LogP contribution < -0.4 is 5.32 Å². The number of amides is 1. The molecule has 0 aliphatic rings. The summed E-state index contributed by atoms with van der Waals surface area (Å²) in [5, 5.41) is 3.58. The van der Waals surface area contributed by atoms with Gasteiger partial charge in [-0.05, 0) is 24.6 Å². The standard InChI is InChI=1S/C15H12Cl2N4O/c1-2-10-13(21-7-5-9(16)8-12(21)19-10)15(22)20-11-4-3-6-18-14(11)17/h3-8H,2H2,1H3,(H,20,22). The molecule has 0 fully saturated rings. The van der Waals surface area contributed by atoms with Gasteiger partial charge in [0.05, 0.1) is 11.4 Å². The smallest absolute Gasteiger partial charge is 0.274 e. The number of aromatic nitrogens is 3. The average molecular weight is 335 g/mol. The van der Waals surface area contributed by atoms with E-state index in [9.17, 15) is 4.79 Å². The molecule has 0 aromatic carbocycles. The molecule has 0 aliphatic heterocycles. The lowest BCUT2D eigenvalue weighted by atomic mass is 10.2. The number of nitrogens with zero attached hydrogens (tertiary/aromatic N) is 3. The third-order valence-electron chi connectivity index (χ3n) is 3.22. The summed E-state index contributed by atoms with van der Waals surface area (Å²) in [6.07, 6.45) is 3.91. The first kappa shape index (κ1) is 14.8. The van der Waals surface area contributed by atoms with E-state index in [0.717, 1.165) is 0 Å². The van der Waals surface area contributed by atoms with E-state index in [-0.39, 0.29) is 11.1 Å². The zero-order valence-electron chi connectivity index (χ0n) is 11.7. The van der Waals surface area contributed by atoms with Gasteiger partial charge in [-0.25, -0.2) is 9.97 Å². The number of aryl methyl sites for hydroxylation is 1. The van der Waals surface area contributed by atoms with Crippen molar-refractivity contribution in [3.8, 4) is 0 Å². The third-order valence-corrected chi connectivity index (χ3v) is 3.75. The van der Waals surface area contributed by atoms with Crippen molar-refractivity contribution in [2.24, 2.45) is 0 Å². The second-order valence-electron chi connectivity index (χ2n) is 4.63. The van der Waals surface area contributed by atoms with Crippen LogP contribution in [0.5, 0.6) is 0 Å². The van der Waals surface area contributed by atoms with E-state index in [1.54, 1.807) is 41.1 Å². The van der Waals surface area contributed by atoms with Crippen molar-refractivity contribution in [2.45, 2.75) is 13.3 Å². The van der Waals surface area contributed by atoms with Crippen molar-refractivity contribution in [2.75, 3.05) is 5.32 Å². The van der Waals surface area contributed by atoms with E-state index in [1.165, 1.54) is 0 Å². The largest absolute Gasteiger partial charge is 0.318 e. The molecule has 0 saturated heterocycles. The summed E-state index contributed by atoms with van der Waals surface area (Å²) in [7, 11) is 0. The SMILES string of the molecule is CCc1nc2cc(Cl)ccn2c1C(=O)Nc1cccnc1Cl. The van der Waals surface area contributed by atoms with Crippen LogP contribution in [0.15, 0.2) is 36.7 Å². The molecule has 0 spiro atoms. The Kier molecular flexibility index (Phi) is 4.00. The van der Waals surface area contributed by atoms with Crippen LogP contribution in [-0.2, 0) is 6.42 Å². The molecule has 3 rings (SSSR count). The lowest BCUT2D eigenvalue weighted by molar-refractivity contribution is 0.102. The van der Waals surface area contributed by atoms with Gasteiger partial charge < -0.3 is 5.32 Å². The number of rotatable bonds is 3. The first-order valence-electron chi connectivity index (χ1n) is 6.68. The molecule has 0 bridgehead atoms. The van der Waals surface area contributed by atoms with E-state index < -0.39 is 0 Å². The molecule has 3 heterocycles. The Morgan fingerprint density at radius 3 is 2.91 bits per heavy atom. The summed E-state index contributed by atoms with van der Waals surface area (Å²) < 4.78 is 1.71. The zero-order valence-corrected chi connectivity index (χ0v) is 13.2. The minimum atomic E-state index is -0.290.